The molecule has 0 aliphatic heterocycles. The van der Waals surface area contributed by atoms with Crippen molar-refractivity contribution < 1.29 is 0 Å². The molecule has 0 saturated heterocycles. The van der Waals surface area contributed by atoms with Gasteiger partial charge >= 0.3 is 0 Å². The Morgan fingerprint density at radius 1 is 1.30 bits per heavy atom. The van der Waals surface area contributed by atoms with Gasteiger partial charge in [0.05, 0.1) is 17.6 Å². The highest BCUT2D eigenvalue weighted by Gasteiger charge is 2.08. The van der Waals surface area contributed by atoms with E-state index in [4.69, 9.17) is 17.0 Å². The molecule has 1 aromatic carbocycles. The zero-order chi connectivity index (χ0) is 16.2. The summed E-state index contributed by atoms with van der Waals surface area (Å²) in [6.07, 6.45) is 3.42. The second-order valence-corrected chi connectivity index (χ2v) is 6.43. The summed E-state index contributed by atoms with van der Waals surface area (Å²) < 4.78 is 1.73. The maximum atomic E-state index is 8.10. The van der Waals surface area contributed by atoms with Gasteiger partial charge in [-0.25, -0.2) is 8.95 Å². The maximum Gasteiger partial charge on any atom is 0.223 e. The monoisotopic (exact) mass is 343 g/mol. The van der Waals surface area contributed by atoms with E-state index >= 15 is 0 Å². The van der Waals surface area contributed by atoms with Crippen LogP contribution in [0, 0.1) is 12.3 Å². The highest BCUT2D eigenvalue weighted by Crippen LogP contribution is 2.18. The molecule has 3 rings (SSSR count). The molecule has 0 atom stereocenters. The van der Waals surface area contributed by atoms with Crippen LogP contribution in [0.3, 0.4) is 0 Å². The van der Waals surface area contributed by atoms with Gasteiger partial charge in [0.1, 0.15) is 5.49 Å². The fourth-order valence-corrected chi connectivity index (χ4v) is 2.86. The molecule has 0 saturated carbocycles. The van der Waals surface area contributed by atoms with Gasteiger partial charge in [0, 0.05) is 16.1 Å². The lowest BCUT2D eigenvalue weighted by Gasteiger charge is -2.10. The van der Waals surface area contributed by atoms with Crippen LogP contribution in [0.4, 0.5) is 11.4 Å². The van der Waals surface area contributed by atoms with Gasteiger partial charge in [-0.2, -0.15) is 0 Å². The first kappa shape index (κ1) is 15.5. The first-order chi connectivity index (χ1) is 11.1. The Morgan fingerprint density at radius 3 is 2.70 bits per heavy atom. The van der Waals surface area contributed by atoms with Crippen molar-refractivity contribution in [3.8, 4) is 0 Å². The molecular formula is C16H14ClN5S. The molecular weight excluding hydrogens is 330 g/mol. The van der Waals surface area contributed by atoms with Gasteiger partial charge in [0.15, 0.2) is 0 Å². The maximum absolute atomic E-state index is 8.10. The lowest BCUT2D eigenvalue weighted by molar-refractivity contribution is 1.07. The van der Waals surface area contributed by atoms with Crippen LogP contribution in [-0.2, 0) is 0 Å². The molecule has 2 N–H and O–H groups in total. The molecule has 0 radical (unpaired) electrons. The van der Waals surface area contributed by atoms with E-state index in [9.17, 15) is 0 Å². The largest absolute Gasteiger partial charge is 0.323 e. The summed E-state index contributed by atoms with van der Waals surface area (Å²) in [6, 6.07) is 12.8. The topological polar surface area (TPSA) is 66.1 Å². The average molecular weight is 344 g/mol. The van der Waals surface area contributed by atoms with Crippen molar-refractivity contribution in [1.29, 1.82) is 5.41 Å². The van der Waals surface area contributed by atoms with Gasteiger partial charge in [-0.05, 0) is 49.4 Å². The number of anilines is 1. The summed E-state index contributed by atoms with van der Waals surface area (Å²) in [5.41, 5.74) is 1.92. The number of nitrogens with one attached hydrogen (secondary N) is 2. The molecule has 0 aliphatic rings. The standard InChI is InChI=1S/C16H14ClN5S/c1-11-9-15(18)22(23-11)16(21-14-3-2-8-19-10-14)20-13-6-4-12(17)5-7-13/h2-10,18H,1H3,(H,20,21). The zero-order valence-corrected chi connectivity index (χ0v) is 13.9. The van der Waals surface area contributed by atoms with Crippen LogP contribution in [-0.4, -0.2) is 14.9 Å². The third kappa shape index (κ3) is 3.85. The van der Waals surface area contributed by atoms with Crippen molar-refractivity contribution in [1.82, 2.24) is 8.94 Å². The number of aromatic nitrogens is 2. The highest BCUT2D eigenvalue weighted by molar-refractivity contribution is 7.07. The van der Waals surface area contributed by atoms with Crippen LogP contribution in [0.25, 0.3) is 0 Å². The number of hydrogen-bond donors (Lipinski definition) is 2. The van der Waals surface area contributed by atoms with Gasteiger partial charge in [0.25, 0.3) is 0 Å². The Balaban J connectivity index is 2.04. The van der Waals surface area contributed by atoms with Crippen LogP contribution >= 0.6 is 23.1 Å². The molecule has 2 heterocycles. The molecule has 2 aromatic heterocycles. The van der Waals surface area contributed by atoms with Crippen LogP contribution < -0.4 is 10.8 Å². The fourth-order valence-electron chi connectivity index (χ4n) is 1.96. The fraction of sp³-hybridized carbons (Fsp3) is 0.0625. The first-order valence-corrected chi connectivity index (χ1v) is 8.03. The molecule has 3 aromatic rings. The van der Waals surface area contributed by atoms with Gasteiger partial charge in [-0.15, -0.1) is 0 Å². The minimum atomic E-state index is 0.372. The SMILES string of the molecule is Cc1cc(=N)n(C(=Nc2ccc(Cl)cc2)Nc2cccnc2)s1. The van der Waals surface area contributed by atoms with E-state index in [0.29, 0.717) is 16.5 Å². The van der Waals surface area contributed by atoms with Crippen LogP contribution in [0.5, 0.6) is 0 Å². The Labute approximate surface area is 142 Å². The number of halogens is 1. The van der Waals surface area contributed by atoms with Crippen molar-refractivity contribution in [2.75, 3.05) is 5.32 Å². The molecule has 7 heteroatoms. The second kappa shape index (κ2) is 6.76. The summed E-state index contributed by atoms with van der Waals surface area (Å²) in [4.78, 5) is 9.74. The van der Waals surface area contributed by atoms with Crippen molar-refractivity contribution in [3.05, 3.63) is 70.2 Å². The molecule has 0 amide bonds. The Kier molecular flexibility index (Phi) is 4.55. The summed E-state index contributed by atoms with van der Waals surface area (Å²) in [5, 5.41) is 12.0. The number of benzene rings is 1. The van der Waals surface area contributed by atoms with E-state index in [1.807, 2.05) is 31.2 Å². The first-order valence-electron chi connectivity index (χ1n) is 6.88. The van der Waals surface area contributed by atoms with Gasteiger partial charge in [-0.1, -0.05) is 23.1 Å². The minimum absolute atomic E-state index is 0.372. The second-order valence-electron chi connectivity index (χ2n) is 4.80. The van der Waals surface area contributed by atoms with Gasteiger partial charge in [0.2, 0.25) is 5.96 Å². The summed E-state index contributed by atoms with van der Waals surface area (Å²) in [6.45, 7) is 1.96. The number of aliphatic imine (C=N–C) groups is 1. The number of hydrogen-bond acceptors (Lipinski definition) is 4. The molecule has 0 spiro atoms. The summed E-state index contributed by atoms with van der Waals surface area (Å²) >= 11 is 7.37. The Hall–Kier alpha value is -2.44. The van der Waals surface area contributed by atoms with Crippen LogP contribution in [0.2, 0.25) is 5.02 Å². The highest BCUT2D eigenvalue weighted by atomic mass is 35.5. The lowest BCUT2D eigenvalue weighted by Crippen LogP contribution is -2.28. The quantitative estimate of drug-likeness (QED) is 0.545. The predicted molar refractivity (Wildman–Crippen MR) is 94.7 cm³/mol. The minimum Gasteiger partial charge on any atom is -0.323 e. The number of pyridine rings is 1. The van der Waals surface area contributed by atoms with Crippen molar-refractivity contribution >= 4 is 40.5 Å². The van der Waals surface area contributed by atoms with Crippen molar-refractivity contribution in [3.63, 3.8) is 0 Å². The molecule has 0 fully saturated rings. The Morgan fingerprint density at radius 2 is 2.09 bits per heavy atom. The molecule has 0 unspecified atom stereocenters. The van der Waals surface area contributed by atoms with Gasteiger partial charge < -0.3 is 5.32 Å². The summed E-state index contributed by atoms with van der Waals surface area (Å²) in [5.74, 6) is 0.545. The van der Waals surface area contributed by atoms with Crippen molar-refractivity contribution in [2.24, 2.45) is 4.99 Å². The van der Waals surface area contributed by atoms with E-state index in [1.54, 1.807) is 34.5 Å². The van der Waals surface area contributed by atoms with E-state index in [2.05, 4.69) is 15.3 Å². The predicted octanol–water partition coefficient (Wildman–Crippen LogP) is 4.03. The van der Waals surface area contributed by atoms with Crippen LogP contribution in [0.15, 0.2) is 59.9 Å². The van der Waals surface area contributed by atoms with Crippen LogP contribution in [0.1, 0.15) is 4.88 Å². The average Bonchev–Trinajstić information content (AvgIpc) is 2.88. The summed E-state index contributed by atoms with van der Waals surface area (Å²) in [7, 11) is 0. The lowest BCUT2D eigenvalue weighted by atomic mass is 10.3. The normalized spacial score (nSPS) is 11.5. The number of aryl methyl sites for hydroxylation is 1. The van der Waals surface area contributed by atoms with Crippen molar-refractivity contribution in [2.45, 2.75) is 6.92 Å². The molecule has 5 nitrogen and oxygen atoms in total. The molecule has 0 bridgehead atoms. The third-order valence-electron chi connectivity index (χ3n) is 2.97. The number of rotatable bonds is 2. The number of nitrogens with zero attached hydrogens (tertiary/aromatic N) is 3. The Bertz CT molecular complexity index is 881. The van der Waals surface area contributed by atoms with E-state index in [-0.39, 0.29) is 0 Å². The van der Waals surface area contributed by atoms with Gasteiger partial charge in [-0.3, -0.25) is 10.4 Å². The third-order valence-corrected chi connectivity index (χ3v) is 4.18. The van der Waals surface area contributed by atoms with E-state index < -0.39 is 0 Å². The smallest absolute Gasteiger partial charge is 0.223 e. The molecule has 116 valence electrons. The van der Waals surface area contributed by atoms with E-state index in [0.717, 1.165) is 16.3 Å². The van der Waals surface area contributed by atoms with E-state index in [1.165, 1.54) is 11.5 Å². The molecule has 0 aliphatic carbocycles. The molecule has 23 heavy (non-hydrogen) atoms. The zero-order valence-electron chi connectivity index (χ0n) is 12.3.